The molecule has 11 heteroatoms. The van der Waals surface area contributed by atoms with Crippen LogP contribution in [0, 0.1) is 0 Å². The summed E-state index contributed by atoms with van der Waals surface area (Å²) in [4.78, 5) is 39.4. The van der Waals surface area contributed by atoms with Crippen LogP contribution in [0.5, 0.6) is 5.75 Å². The van der Waals surface area contributed by atoms with Gasteiger partial charge < -0.3 is 24.2 Å². The molecule has 4 atom stereocenters. The second kappa shape index (κ2) is 12.0. The van der Waals surface area contributed by atoms with Gasteiger partial charge in [-0.3, -0.25) is 13.8 Å². The first-order valence-corrected chi connectivity index (χ1v) is 13.0. The topological polar surface area (TPSA) is 125 Å². The highest BCUT2D eigenvalue weighted by Gasteiger charge is 2.54. The Kier molecular flexibility index (Phi) is 9.07. The van der Waals surface area contributed by atoms with Crippen molar-refractivity contribution in [1.29, 1.82) is 0 Å². The van der Waals surface area contributed by atoms with Crippen LogP contribution in [0.3, 0.4) is 0 Å². The molecular formula is C24H25N2O7S2-. The lowest BCUT2D eigenvalue weighted by molar-refractivity contribution is -0.163. The monoisotopic (exact) mass is 517 g/mol. The molecule has 0 spiro atoms. The van der Waals surface area contributed by atoms with E-state index in [1.54, 1.807) is 55.5 Å². The first-order valence-electron chi connectivity index (χ1n) is 10.6. The Morgan fingerprint density at radius 2 is 1.83 bits per heavy atom. The van der Waals surface area contributed by atoms with Crippen LogP contribution in [0.1, 0.15) is 18.1 Å². The number of hydrogen-bond acceptors (Lipinski definition) is 8. The van der Waals surface area contributed by atoms with Gasteiger partial charge in [-0.25, -0.2) is 4.79 Å². The molecule has 0 radical (unpaired) electrons. The minimum Gasteiger partial charge on any atom is -0.763 e. The first kappa shape index (κ1) is 26.5. The Hall–Kier alpha value is -3.15. The summed E-state index contributed by atoms with van der Waals surface area (Å²) < 4.78 is 33.4. The zero-order chi connectivity index (χ0) is 25.5. The van der Waals surface area contributed by atoms with Crippen molar-refractivity contribution in [3.8, 4) is 5.75 Å². The predicted molar refractivity (Wildman–Crippen MR) is 131 cm³/mol. The first-order chi connectivity index (χ1) is 16.7. The molecule has 3 rings (SSSR count). The average Bonchev–Trinajstić information content (AvgIpc) is 2.84. The minimum absolute atomic E-state index is 0.0241. The van der Waals surface area contributed by atoms with Gasteiger partial charge in [0.25, 0.3) is 0 Å². The molecular weight excluding hydrogens is 492 g/mol. The highest BCUT2D eigenvalue weighted by Crippen LogP contribution is 2.35. The lowest BCUT2D eigenvalue weighted by atomic mass is 9.99. The van der Waals surface area contributed by atoms with Crippen molar-refractivity contribution < 1.29 is 32.6 Å². The van der Waals surface area contributed by atoms with E-state index in [-0.39, 0.29) is 13.0 Å². The number of likely N-dealkylation sites (tertiary alicyclic amines) is 1. The summed E-state index contributed by atoms with van der Waals surface area (Å²) in [5.74, 6) is -1.14. The van der Waals surface area contributed by atoms with Crippen molar-refractivity contribution in [2.24, 2.45) is 0 Å². The van der Waals surface area contributed by atoms with Crippen molar-refractivity contribution in [2.75, 3.05) is 7.11 Å². The van der Waals surface area contributed by atoms with Gasteiger partial charge in [-0.15, -0.1) is 0 Å². The maximum atomic E-state index is 13.0. The van der Waals surface area contributed by atoms with Crippen molar-refractivity contribution in [1.82, 2.24) is 10.2 Å². The van der Waals surface area contributed by atoms with Crippen LogP contribution in [-0.2, 0) is 42.3 Å². The SMILES string of the molecule is C=C(C)C(C(=O)OCc1ccc(OC)cc1)N1C(=O)C(NC(=O)Cc2ccccc2)C1SS(=O)[O-]. The summed E-state index contributed by atoms with van der Waals surface area (Å²) in [6, 6.07) is 13.5. The van der Waals surface area contributed by atoms with Gasteiger partial charge in [0.15, 0.2) is 6.04 Å². The molecule has 0 aromatic heterocycles. The zero-order valence-electron chi connectivity index (χ0n) is 19.2. The van der Waals surface area contributed by atoms with E-state index in [1.165, 1.54) is 7.11 Å². The second-order valence-electron chi connectivity index (χ2n) is 7.85. The Labute approximate surface area is 209 Å². The van der Waals surface area contributed by atoms with Crippen LogP contribution in [0.2, 0.25) is 0 Å². The molecule has 1 N–H and O–H groups in total. The number of methoxy groups -OCH3 is 1. The van der Waals surface area contributed by atoms with Crippen LogP contribution in [0.15, 0.2) is 66.7 Å². The highest BCUT2D eigenvalue weighted by molar-refractivity contribution is 8.67. The molecule has 2 aromatic carbocycles. The lowest BCUT2D eigenvalue weighted by Crippen LogP contribution is -2.73. The normalized spacial score (nSPS) is 18.7. The quantitative estimate of drug-likeness (QED) is 0.158. The van der Waals surface area contributed by atoms with E-state index < -0.39 is 45.4 Å². The fraction of sp³-hybridized carbons (Fsp3) is 0.292. The van der Waals surface area contributed by atoms with Crippen LogP contribution >= 0.6 is 10.8 Å². The van der Waals surface area contributed by atoms with Gasteiger partial charge in [0.2, 0.25) is 11.8 Å². The number of carbonyl (C=O) groups excluding carboxylic acids is 3. The van der Waals surface area contributed by atoms with E-state index in [4.69, 9.17) is 9.47 Å². The summed E-state index contributed by atoms with van der Waals surface area (Å²) >= 11 is 0. The molecule has 1 saturated heterocycles. The third kappa shape index (κ3) is 6.71. The van der Waals surface area contributed by atoms with Crippen LogP contribution < -0.4 is 10.1 Å². The number of esters is 1. The van der Waals surface area contributed by atoms with E-state index in [0.29, 0.717) is 27.7 Å². The van der Waals surface area contributed by atoms with Crippen molar-refractivity contribution in [3.63, 3.8) is 0 Å². The number of amides is 2. The third-order valence-electron chi connectivity index (χ3n) is 5.29. The molecule has 9 nitrogen and oxygen atoms in total. The zero-order valence-corrected chi connectivity index (χ0v) is 20.8. The van der Waals surface area contributed by atoms with Gasteiger partial charge in [0.05, 0.1) is 13.5 Å². The maximum Gasteiger partial charge on any atom is 0.333 e. The molecule has 0 saturated carbocycles. The van der Waals surface area contributed by atoms with Crippen LogP contribution in [-0.4, -0.2) is 56.0 Å². The number of ether oxygens (including phenoxy) is 2. The number of nitrogens with zero attached hydrogens (tertiary/aromatic N) is 1. The largest absolute Gasteiger partial charge is 0.763 e. The summed E-state index contributed by atoms with van der Waals surface area (Å²) in [7, 11) is -0.631. The van der Waals surface area contributed by atoms with Gasteiger partial charge >= 0.3 is 5.97 Å². The number of benzene rings is 2. The number of hydrogen-bond donors (Lipinski definition) is 1. The smallest absolute Gasteiger partial charge is 0.333 e. The van der Waals surface area contributed by atoms with Crippen LogP contribution in [0.25, 0.3) is 0 Å². The average molecular weight is 518 g/mol. The Bertz CT molecular complexity index is 1110. The van der Waals surface area contributed by atoms with E-state index in [9.17, 15) is 23.1 Å². The van der Waals surface area contributed by atoms with Crippen molar-refractivity contribution >= 4 is 38.7 Å². The Morgan fingerprint density at radius 1 is 1.17 bits per heavy atom. The van der Waals surface area contributed by atoms with Gasteiger partial charge in [-0.1, -0.05) is 49.0 Å². The fourth-order valence-electron chi connectivity index (χ4n) is 3.59. The van der Waals surface area contributed by atoms with E-state index in [0.717, 1.165) is 10.5 Å². The molecule has 0 bridgehead atoms. The number of carbonyl (C=O) groups is 3. The number of nitrogens with one attached hydrogen (secondary N) is 1. The standard InChI is InChI=1S/C24H26N2O7S2/c1-15(2)21(24(29)33-14-17-9-11-18(32-3)12-10-17)26-22(28)20(23(26)34-35(30)31)25-19(27)13-16-7-5-4-6-8-16/h4-12,20-21,23H,1,13-14H2,2-3H3,(H,25,27)(H,30,31)/p-1. The molecule has 2 amide bonds. The summed E-state index contributed by atoms with van der Waals surface area (Å²) in [6.07, 6.45) is 0.0241. The number of rotatable bonds is 11. The lowest BCUT2D eigenvalue weighted by Gasteiger charge is -2.49. The molecule has 4 unspecified atom stereocenters. The second-order valence-corrected chi connectivity index (χ2v) is 10.3. The van der Waals surface area contributed by atoms with Crippen LogP contribution in [0.4, 0.5) is 0 Å². The van der Waals surface area contributed by atoms with E-state index in [2.05, 4.69) is 11.9 Å². The highest BCUT2D eigenvalue weighted by atomic mass is 33.1. The Morgan fingerprint density at radius 3 is 2.40 bits per heavy atom. The van der Waals surface area contributed by atoms with Crippen molar-refractivity contribution in [2.45, 2.75) is 37.4 Å². The molecule has 1 aliphatic rings. The molecule has 1 heterocycles. The summed E-state index contributed by atoms with van der Waals surface area (Å²) in [5.41, 5.74) is 1.74. The van der Waals surface area contributed by atoms with Gasteiger partial charge in [0, 0.05) is 10.1 Å². The molecule has 186 valence electrons. The fourth-order valence-corrected chi connectivity index (χ4v) is 5.46. The van der Waals surface area contributed by atoms with Crippen molar-refractivity contribution in [3.05, 3.63) is 77.9 Å². The molecule has 1 fully saturated rings. The minimum atomic E-state index is -2.61. The van der Waals surface area contributed by atoms with Gasteiger partial charge in [-0.05, 0) is 46.6 Å². The van der Waals surface area contributed by atoms with Gasteiger partial charge in [0.1, 0.15) is 23.8 Å². The maximum absolute atomic E-state index is 13.0. The Balaban J connectivity index is 1.70. The van der Waals surface area contributed by atoms with E-state index in [1.807, 2.05) is 6.07 Å². The molecule has 2 aromatic rings. The molecule has 1 aliphatic heterocycles. The van der Waals surface area contributed by atoms with Gasteiger partial charge in [-0.2, -0.15) is 0 Å². The summed E-state index contributed by atoms with van der Waals surface area (Å²) in [6.45, 7) is 5.27. The number of β-lactam (4-membered cyclic amide) rings is 1. The third-order valence-corrected chi connectivity index (χ3v) is 7.21. The summed E-state index contributed by atoms with van der Waals surface area (Å²) in [5, 5.41) is 1.57. The van der Waals surface area contributed by atoms with E-state index >= 15 is 0 Å². The predicted octanol–water partition coefficient (Wildman–Crippen LogP) is 2.11. The molecule has 35 heavy (non-hydrogen) atoms. The molecule has 0 aliphatic carbocycles.